The van der Waals surface area contributed by atoms with Gasteiger partial charge in [0.2, 0.25) is 0 Å². The van der Waals surface area contributed by atoms with Crippen LogP contribution in [0.3, 0.4) is 0 Å². The standard InChI is InChI=1S/C29H40O7/c1-2-18-32-29-26(33-19-21-12-6-3-7-13-21)25(36-28(31)23-16-10-5-11-17-23)24(20-34-29)35-27(30)22-14-8-4-9-15-22/h2-3,6-7,12-13,22-26,29H,1,4-5,8-11,14-20H2/t24-,25+,26-,29+/m1/s1. The Balaban J connectivity index is 1.53. The van der Waals surface area contributed by atoms with Gasteiger partial charge in [-0.05, 0) is 31.2 Å². The van der Waals surface area contributed by atoms with E-state index < -0.39 is 24.6 Å². The van der Waals surface area contributed by atoms with Crippen molar-refractivity contribution in [1.29, 1.82) is 0 Å². The van der Waals surface area contributed by atoms with Crippen LogP contribution in [0, 0.1) is 11.8 Å². The molecule has 36 heavy (non-hydrogen) atoms. The van der Waals surface area contributed by atoms with Crippen molar-refractivity contribution in [2.45, 2.75) is 95.4 Å². The molecule has 4 atom stereocenters. The molecule has 3 fully saturated rings. The van der Waals surface area contributed by atoms with E-state index in [4.69, 9.17) is 23.7 Å². The fourth-order valence-corrected chi connectivity index (χ4v) is 5.39. The molecule has 0 amide bonds. The van der Waals surface area contributed by atoms with E-state index in [1.807, 2.05) is 30.3 Å². The van der Waals surface area contributed by atoms with Gasteiger partial charge in [0.25, 0.3) is 0 Å². The van der Waals surface area contributed by atoms with Crippen LogP contribution in [0.1, 0.15) is 69.8 Å². The molecular formula is C29H40O7. The smallest absolute Gasteiger partial charge is 0.309 e. The molecule has 2 aliphatic carbocycles. The molecule has 0 spiro atoms. The summed E-state index contributed by atoms with van der Waals surface area (Å²) < 4.78 is 30.2. The zero-order chi connectivity index (χ0) is 25.2. The SMILES string of the molecule is C=CCO[C@H]1OC[C@@H](OC(=O)C2CCCCC2)[C@H](OC(=O)C2CCCCC2)[C@H]1OCc1ccccc1. The molecule has 1 heterocycles. The Bertz CT molecular complexity index is 829. The van der Waals surface area contributed by atoms with Gasteiger partial charge in [0.05, 0.1) is 31.7 Å². The maximum atomic E-state index is 13.2. The summed E-state index contributed by atoms with van der Waals surface area (Å²) in [6.45, 7) is 4.34. The Hall–Kier alpha value is -2.22. The molecule has 1 aromatic carbocycles. The van der Waals surface area contributed by atoms with Crippen LogP contribution in [-0.4, -0.2) is 49.8 Å². The number of hydrogen-bond acceptors (Lipinski definition) is 7. The average molecular weight is 501 g/mol. The Labute approximate surface area is 214 Å². The van der Waals surface area contributed by atoms with Crippen molar-refractivity contribution >= 4 is 11.9 Å². The number of ether oxygens (including phenoxy) is 5. The second-order valence-corrected chi connectivity index (χ2v) is 10.1. The predicted octanol–water partition coefficient (Wildman–Crippen LogP) is 5.11. The summed E-state index contributed by atoms with van der Waals surface area (Å²) >= 11 is 0. The molecule has 198 valence electrons. The number of rotatable bonds is 10. The third-order valence-corrected chi connectivity index (χ3v) is 7.44. The largest absolute Gasteiger partial charge is 0.456 e. The Kier molecular flexibility index (Phi) is 10.4. The number of hydrogen-bond donors (Lipinski definition) is 0. The van der Waals surface area contributed by atoms with E-state index in [9.17, 15) is 9.59 Å². The lowest BCUT2D eigenvalue weighted by molar-refractivity contribution is -0.288. The van der Waals surface area contributed by atoms with Crippen molar-refractivity contribution < 1.29 is 33.3 Å². The molecule has 7 nitrogen and oxygen atoms in total. The van der Waals surface area contributed by atoms with E-state index in [-0.39, 0.29) is 43.6 Å². The molecule has 1 aliphatic heterocycles. The lowest BCUT2D eigenvalue weighted by atomic mass is 9.89. The summed E-state index contributed by atoms with van der Waals surface area (Å²) in [7, 11) is 0. The van der Waals surface area contributed by atoms with E-state index >= 15 is 0 Å². The van der Waals surface area contributed by atoms with Crippen molar-refractivity contribution in [1.82, 2.24) is 0 Å². The maximum absolute atomic E-state index is 13.2. The van der Waals surface area contributed by atoms with E-state index in [1.165, 1.54) is 0 Å². The zero-order valence-electron chi connectivity index (χ0n) is 21.2. The third kappa shape index (κ3) is 7.40. The zero-order valence-corrected chi connectivity index (χ0v) is 21.2. The maximum Gasteiger partial charge on any atom is 0.309 e. The monoisotopic (exact) mass is 500 g/mol. The van der Waals surface area contributed by atoms with Crippen LogP contribution < -0.4 is 0 Å². The first-order valence-electron chi connectivity index (χ1n) is 13.6. The van der Waals surface area contributed by atoms with Crippen LogP contribution in [-0.2, 0) is 39.9 Å². The number of benzene rings is 1. The molecule has 0 aromatic heterocycles. The van der Waals surface area contributed by atoms with Crippen molar-refractivity contribution in [3.05, 3.63) is 48.6 Å². The fourth-order valence-electron chi connectivity index (χ4n) is 5.39. The molecule has 0 unspecified atom stereocenters. The lowest BCUT2D eigenvalue weighted by Gasteiger charge is -2.41. The minimum Gasteiger partial charge on any atom is -0.456 e. The second kappa shape index (κ2) is 13.9. The highest BCUT2D eigenvalue weighted by Gasteiger charge is 2.47. The van der Waals surface area contributed by atoms with Gasteiger partial charge >= 0.3 is 11.9 Å². The third-order valence-electron chi connectivity index (χ3n) is 7.44. The average Bonchev–Trinajstić information content (AvgIpc) is 2.93. The van der Waals surface area contributed by atoms with E-state index in [0.29, 0.717) is 0 Å². The van der Waals surface area contributed by atoms with Gasteiger partial charge in [0, 0.05) is 0 Å². The highest BCUT2D eigenvalue weighted by atomic mass is 16.7. The van der Waals surface area contributed by atoms with Gasteiger partial charge in [-0.2, -0.15) is 0 Å². The summed E-state index contributed by atoms with van der Waals surface area (Å²) in [4.78, 5) is 26.3. The van der Waals surface area contributed by atoms with Gasteiger partial charge in [-0.15, -0.1) is 6.58 Å². The Morgan fingerprint density at radius 1 is 0.833 bits per heavy atom. The molecule has 0 bridgehead atoms. The van der Waals surface area contributed by atoms with Gasteiger partial charge in [0.1, 0.15) is 6.10 Å². The van der Waals surface area contributed by atoms with Gasteiger partial charge < -0.3 is 23.7 Å². The number of carbonyl (C=O) groups is 2. The molecular weight excluding hydrogens is 460 g/mol. The van der Waals surface area contributed by atoms with E-state index in [0.717, 1.165) is 69.8 Å². The molecule has 3 aliphatic rings. The molecule has 7 heteroatoms. The summed E-state index contributed by atoms with van der Waals surface area (Å²) in [5.41, 5.74) is 0.971. The molecule has 4 rings (SSSR count). The van der Waals surface area contributed by atoms with Crippen LogP contribution in [0.25, 0.3) is 0 Å². The first-order chi connectivity index (χ1) is 17.7. The quantitative estimate of drug-likeness (QED) is 0.326. The topological polar surface area (TPSA) is 80.3 Å². The molecule has 0 N–H and O–H groups in total. The fraction of sp³-hybridized carbons (Fsp3) is 0.655. The highest BCUT2D eigenvalue weighted by molar-refractivity contribution is 5.74. The predicted molar refractivity (Wildman–Crippen MR) is 134 cm³/mol. The minimum absolute atomic E-state index is 0.0775. The lowest BCUT2D eigenvalue weighted by Crippen LogP contribution is -2.58. The molecule has 0 radical (unpaired) electrons. The summed E-state index contributed by atoms with van der Waals surface area (Å²) in [6.07, 6.45) is 8.22. The first-order valence-corrected chi connectivity index (χ1v) is 13.6. The molecule has 1 saturated heterocycles. The van der Waals surface area contributed by atoms with Crippen molar-refractivity contribution in [2.24, 2.45) is 11.8 Å². The van der Waals surface area contributed by atoms with Crippen LogP contribution in [0.2, 0.25) is 0 Å². The Morgan fingerprint density at radius 3 is 2.06 bits per heavy atom. The van der Waals surface area contributed by atoms with Gasteiger partial charge in [-0.25, -0.2) is 0 Å². The molecule has 1 aromatic rings. The number of esters is 2. The second-order valence-electron chi connectivity index (χ2n) is 10.1. The van der Waals surface area contributed by atoms with Crippen LogP contribution in [0.4, 0.5) is 0 Å². The molecule has 2 saturated carbocycles. The van der Waals surface area contributed by atoms with Gasteiger partial charge in [0.15, 0.2) is 18.5 Å². The number of carbonyl (C=O) groups excluding carboxylic acids is 2. The normalized spacial score (nSPS) is 27.8. The van der Waals surface area contributed by atoms with Gasteiger partial charge in [-0.3, -0.25) is 9.59 Å². The summed E-state index contributed by atoms with van der Waals surface area (Å²) in [5, 5.41) is 0. The van der Waals surface area contributed by atoms with Crippen molar-refractivity contribution in [2.75, 3.05) is 13.2 Å². The van der Waals surface area contributed by atoms with Crippen LogP contribution in [0.15, 0.2) is 43.0 Å². The van der Waals surface area contributed by atoms with Crippen LogP contribution >= 0.6 is 0 Å². The first kappa shape index (κ1) is 26.8. The van der Waals surface area contributed by atoms with Crippen molar-refractivity contribution in [3.8, 4) is 0 Å². The Morgan fingerprint density at radius 2 is 1.44 bits per heavy atom. The van der Waals surface area contributed by atoms with E-state index in [2.05, 4.69) is 6.58 Å². The van der Waals surface area contributed by atoms with Crippen molar-refractivity contribution in [3.63, 3.8) is 0 Å². The highest BCUT2D eigenvalue weighted by Crippen LogP contribution is 2.31. The summed E-state index contributed by atoms with van der Waals surface area (Å²) in [5.74, 6) is -0.754. The van der Waals surface area contributed by atoms with Gasteiger partial charge in [-0.1, -0.05) is 74.9 Å². The van der Waals surface area contributed by atoms with E-state index in [1.54, 1.807) is 6.08 Å². The minimum atomic E-state index is -0.820. The summed E-state index contributed by atoms with van der Waals surface area (Å²) in [6, 6.07) is 9.76. The van der Waals surface area contributed by atoms with Crippen LogP contribution in [0.5, 0.6) is 0 Å².